The Labute approximate surface area is 172 Å². The quantitative estimate of drug-likeness (QED) is 0.818. The van der Waals surface area contributed by atoms with E-state index in [0.29, 0.717) is 11.6 Å². The summed E-state index contributed by atoms with van der Waals surface area (Å²) in [4.78, 5) is 15.1. The van der Waals surface area contributed by atoms with Gasteiger partial charge < -0.3 is 19.5 Å². The summed E-state index contributed by atoms with van der Waals surface area (Å²) in [5.74, 6) is 0.238. The molecular formula is C23H30N4O2. The number of nitrogens with zero attached hydrogens (tertiary/aromatic N) is 3. The van der Waals surface area contributed by atoms with Gasteiger partial charge in [-0.2, -0.15) is 5.26 Å². The Balaban J connectivity index is 1.45. The summed E-state index contributed by atoms with van der Waals surface area (Å²) in [6, 6.07) is 10.6. The SMILES string of the molecule is CCn1c(CCC2CCCN2C(=O)C2CC(OC)CN2)cc2ccc(C#N)cc21. The van der Waals surface area contributed by atoms with E-state index in [4.69, 9.17) is 4.74 Å². The number of ether oxygens (including phenoxy) is 1. The molecular weight excluding hydrogens is 364 g/mol. The van der Waals surface area contributed by atoms with Gasteiger partial charge in [0.25, 0.3) is 0 Å². The summed E-state index contributed by atoms with van der Waals surface area (Å²) in [5, 5.41) is 13.7. The molecule has 0 radical (unpaired) electrons. The molecule has 1 aromatic heterocycles. The van der Waals surface area contributed by atoms with Crippen molar-refractivity contribution in [3.63, 3.8) is 0 Å². The van der Waals surface area contributed by atoms with Gasteiger partial charge in [-0.1, -0.05) is 6.07 Å². The van der Waals surface area contributed by atoms with E-state index in [1.165, 1.54) is 11.1 Å². The van der Waals surface area contributed by atoms with Crippen LogP contribution in [0.3, 0.4) is 0 Å². The van der Waals surface area contributed by atoms with Crippen molar-refractivity contribution in [1.82, 2.24) is 14.8 Å². The van der Waals surface area contributed by atoms with Gasteiger partial charge in [0.05, 0.1) is 23.8 Å². The molecule has 1 N–H and O–H groups in total. The van der Waals surface area contributed by atoms with E-state index in [9.17, 15) is 10.1 Å². The number of carbonyl (C=O) groups excluding carboxylic acids is 1. The van der Waals surface area contributed by atoms with E-state index in [2.05, 4.69) is 33.8 Å². The summed E-state index contributed by atoms with van der Waals surface area (Å²) in [5.41, 5.74) is 3.11. The van der Waals surface area contributed by atoms with Crippen molar-refractivity contribution >= 4 is 16.8 Å². The molecule has 2 saturated heterocycles. The topological polar surface area (TPSA) is 70.3 Å². The minimum atomic E-state index is -0.105. The molecule has 29 heavy (non-hydrogen) atoms. The first-order valence-corrected chi connectivity index (χ1v) is 10.7. The fourth-order valence-electron chi connectivity index (χ4n) is 4.97. The third kappa shape index (κ3) is 3.90. The third-order valence-electron chi connectivity index (χ3n) is 6.55. The first kappa shape index (κ1) is 19.9. The zero-order valence-electron chi connectivity index (χ0n) is 17.4. The van der Waals surface area contributed by atoms with Crippen molar-refractivity contribution in [2.45, 2.75) is 63.8 Å². The molecule has 2 aliphatic rings. The maximum absolute atomic E-state index is 13.0. The number of hydrogen-bond acceptors (Lipinski definition) is 4. The predicted molar refractivity (Wildman–Crippen MR) is 113 cm³/mol. The summed E-state index contributed by atoms with van der Waals surface area (Å²) < 4.78 is 7.71. The molecule has 0 spiro atoms. The van der Waals surface area contributed by atoms with Gasteiger partial charge in [-0.15, -0.1) is 0 Å². The zero-order valence-corrected chi connectivity index (χ0v) is 17.4. The van der Waals surface area contributed by atoms with Crippen LogP contribution in [-0.2, 0) is 22.5 Å². The molecule has 3 heterocycles. The van der Waals surface area contributed by atoms with Crippen LogP contribution in [0.15, 0.2) is 24.3 Å². The highest BCUT2D eigenvalue weighted by Gasteiger charge is 2.36. The van der Waals surface area contributed by atoms with E-state index < -0.39 is 0 Å². The number of carbonyl (C=O) groups is 1. The predicted octanol–water partition coefficient (Wildman–Crippen LogP) is 2.83. The summed E-state index contributed by atoms with van der Waals surface area (Å²) in [6.07, 6.45) is 4.99. The second kappa shape index (κ2) is 8.56. The third-order valence-corrected chi connectivity index (χ3v) is 6.55. The van der Waals surface area contributed by atoms with Crippen LogP contribution in [0.1, 0.15) is 43.9 Å². The Kier molecular flexibility index (Phi) is 5.89. The lowest BCUT2D eigenvalue weighted by atomic mass is 10.1. The van der Waals surface area contributed by atoms with Gasteiger partial charge in [-0.05, 0) is 62.6 Å². The van der Waals surface area contributed by atoms with Crippen LogP contribution < -0.4 is 5.32 Å². The maximum atomic E-state index is 13.0. The Morgan fingerprint density at radius 1 is 1.38 bits per heavy atom. The smallest absolute Gasteiger partial charge is 0.240 e. The summed E-state index contributed by atoms with van der Waals surface area (Å²) >= 11 is 0. The van der Waals surface area contributed by atoms with Crippen molar-refractivity contribution in [2.75, 3.05) is 20.2 Å². The van der Waals surface area contributed by atoms with E-state index in [0.717, 1.165) is 57.3 Å². The second-order valence-corrected chi connectivity index (χ2v) is 8.19. The van der Waals surface area contributed by atoms with Crippen molar-refractivity contribution in [2.24, 2.45) is 0 Å². The number of aryl methyl sites for hydroxylation is 2. The van der Waals surface area contributed by atoms with Gasteiger partial charge in [-0.25, -0.2) is 0 Å². The number of benzene rings is 1. The highest BCUT2D eigenvalue weighted by atomic mass is 16.5. The van der Waals surface area contributed by atoms with Gasteiger partial charge >= 0.3 is 0 Å². The molecule has 4 rings (SSSR count). The van der Waals surface area contributed by atoms with Crippen molar-refractivity contribution in [3.8, 4) is 6.07 Å². The minimum Gasteiger partial charge on any atom is -0.380 e. The van der Waals surface area contributed by atoms with E-state index >= 15 is 0 Å². The molecule has 1 amide bonds. The highest BCUT2D eigenvalue weighted by molar-refractivity contribution is 5.83. The Morgan fingerprint density at radius 2 is 2.24 bits per heavy atom. The van der Waals surface area contributed by atoms with Crippen LogP contribution in [0.25, 0.3) is 10.9 Å². The molecule has 2 fully saturated rings. The number of methoxy groups -OCH3 is 1. The van der Waals surface area contributed by atoms with Crippen molar-refractivity contribution < 1.29 is 9.53 Å². The lowest BCUT2D eigenvalue weighted by molar-refractivity contribution is -0.134. The summed E-state index contributed by atoms with van der Waals surface area (Å²) in [7, 11) is 1.71. The van der Waals surface area contributed by atoms with Crippen LogP contribution in [-0.4, -0.2) is 53.8 Å². The molecule has 154 valence electrons. The molecule has 3 atom stereocenters. The molecule has 0 saturated carbocycles. The molecule has 2 aromatic rings. The highest BCUT2D eigenvalue weighted by Crippen LogP contribution is 2.27. The lowest BCUT2D eigenvalue weighted by Crippen LogP contribution is -2.45. The number of hydrogen-bond donors (Lipinski definition) is 1. The number of nitrogens with one attached hydrogen (secondary N) is 1. The van der Waals surface area contributed by atoms with Gasteiger partial charge in [-0.3, -0.25) is 4.79 Å². The van der Waals surface area contributed by atoms with Crippen LogP contribution in [0.4, 0.5) is 0 Å². The Morgan fingerprint density at radius 3 is 2.97 bits per heavy atom. The number of amides is 1. The van der Waals surface area contributed by atoms with Gasteiger partial charge in [0.1, 0.15) is 0 Å². The number of likely N-dealkylation sites (tertiary alicyclic amines) is 1. The average Bonchev–Trinajstić information content (AvgIpc) is 3.48. The first-order chi connectivity index (χ1) is 14.1. The number of nitriles is 1. The summed E-state index contributed by atoms with van der Waals surface area (Å²) in [6.45, 7) is 4.64. The second-order valence-electron chi connectivity index (χ2n) is 8.19. The first-order valence-electron chi connectivity index (χ1n) is 10.7. The fraction of sp³-hybridized carbons (Fsp3) is 0.565. The largest absolute Gasteiger partial charge is 0.380 e. The minimum absolute atomic E-state index is 0.105. The molecule has 3 unspecified atom stereocenters. The van der Waals surface area contributed by atoms with Gasteiger partial charge in [0, 0.05) is 44.0 Å². The van der Waals surface area contributed by atoms with E-state index in [1.807, 2.05) is 18.2 Å². The standard InChI is InChI=1S/C23H30N4O2/c1-3-26-19(12-17-7-6-16(14-24)11-22(17)26)9-8-18-5-4-10-27(18)23(28)21-13-20(29-2)15-25-21/h6-7,11-12,18,20-21,25H,3-5,8-10,13,15H2,1-2H3. The lowest BCUT2D eigenvalue weighted by Gasteiger charge is -2.27. The molecule has 6 heteroatoms. The maximum Gasteiger partial charge on any atom is 0.240 e. The van der Waals surface area contributed by atoms with Crippen LogP contribution in [0.2, 0.25) is 0 Å². The zero-order chi connectivity index (χ0) is 20.4. The van der Waals surface area contributed by atoms with Crippen LogP contribution in [0, 0.1) is 11.3 Å². The number of aromatic nitrogens is 1. The number of rotatable bonds is 6. The van der Waals surface area contributed by atoms with Crippen molar-refractivity contribution in [3.05, 3.63) is 35.5 Å². The van der Waals surface area contributed by atoms with Crippen LogP contribution >= 0.6 is 0 Å². The molecule has 0 aliphatic carbocycles. The van der Waals surface area contributed by atoms with E-state index in [1.54, 1.807) is 7.11 Å². The Hall–Kier alpha value is -2.36. The van der Waals surface area contributed by atoms with Crippen molar-refractivity contribution in [1.29, 1.82) is 5.26 Å². The normalized spacial score (nSPS) is 24.3. The fourth-order valence-corrected chi connectivity index (χ4v) is 4.97. The molecule has 0 bridgehead atoms. The van der Waals surface area contributed by atoms with Gasteiger partial charge in [0.2, 0.25) is 5.91 Å². The molecule has 1 aromatic carbocycles. The monoisotopic (exact) mass is 394 g/mol. The van der Waals surface area contributed by atoms with Gasteiger partial charge in [0.15, 0.2) is 0 Å². The van der Waals surface area contributed by atoms with Crippen LogP contribution in [0.5, 0.6) is 0 Å². The average molecular weight is 395 g/mol. The molecule has 6 nitrogen and oxygen atoms in total. The Bertz CT molecular complexity index is 929. The number of fused-ring (bicyclic) bond motifs is 1. The molecule has 2 aliphatic heterocycles. The van der Waals surface area contributed by atoms with E-state index in [-0.39, 0.29) is 18.1 Å².